The molecule has 2 N–H and O–H groups in total. The van der Waals surface area contributed by atoms with Crippen molar-refractivity contribution < 1.29 is 33.7 Å². The molecule has 4 atom stereocenters. The van der Waals surface area contributed by atoms with Crippen LogP contribution in [-0.2, 0) is 37.0 Å². The molecule has 2 saturated heterocycles. The van der Waals surface area contributed by atoms with E-state index in [4.69, 9.17) is 14.2 Å². The maximum atomic E-state index is 13.2. The summed E-state index contributed by atoms with van der Waals surface area (Å²) in [4.78, 5) is 43.8. The zero-order valence-corrected chi connectivity index (χ0v) is 25.7. The molecule has 3 aromatic carbocycles. The van der Waals surface area contributed by atoms with Gasteiger partial charge in [-0.2, -0.15) is 0 Å². The summed E-state index contributed by atoms with van der Waals surface area (Å²) in [5.41, 5.74) is 3.71. The van der Waals surface area contributed by atoms with E-state index in [1.165, 1.54) is 0 Å². The summed E-state index contributed by atoms with van der Waals surface area (Å²) in [5.74, 6) is -0.286. The van der Waals surface area contributed by atoms with Gasteiger partial charge < -0.3 is 24.6 Å². The molecule has 0 spiro atoms. The van der Waals surface area contributed by atoms with Crippen molar-refractivity contribution in [3.8, 4) is 0 Å². The highest BCUT2D eigenvalue weighted by molar-refractivity contribution is 7.99. The van der Waals surface area contributed by atoms with Gasteiger partial charge in [0.15, 0.2) is 6.29 Å². The van der Waals surface area contributed by atoms with Crippen LogP contribution >= 0.6 is 11.8 Å². The molecule has 0 aliphatic carbocycles. The number of carbonyl (C=O) groups excluding carboxylic acids is 3. The number of thioether (sulfide) groups is 1. The van der Waals surface area contributed by atoms with Crippen LogP contribution in [0, 0.1) is 0 Å². The molecular formula is C35H33N3O7S. The summed E-state index contributed by atoms with van der Waals surface area (Å²) < 4.78 is 18.0. The molecular weight excluding hydrogens is 606 g/mol. The zero-order valence-electron chi connectivity index (χ0n) is 24.9. The Kier molecular flexibility index (Phi) is 10.0. The van der Waals surface area contributed by atoms with E-state index in [9.17, 15) is 19.5 Å². The molecule has 2 aliphatic heterocycles. The minimum absolute atomic E-state index is 0.0373. The number of aliphatic hydroxyl groups excluding tert-OH is 1. The number of ether oxygens (including phenoxy) is 3. The van der Waals surface area contributed by atoms with Crippen molar-refractivity contribution in [2.24, 2.45) is 0 Å². The Morgan fingerprint density at radius 3 is 2.37 bits per heavy atom. The van der Waals surface area contributed by atoms with Gasteiger partial charge in [0.05, 0.1) is 35.9 Å². The predicted molar refractivity (Wildman–Crippen MR) is 170 cm³/mol. The third-order valence-corrected chi connectivity index (χ3v) is 8.82. The highest BCUT2D eigenvalue weighted by atomic mass is 32.2. The molecule has 3 amide bonds. The Hall–Kier alpha value is -4.55. The number of amides is 3. The maximum Gasteiger partial charge on any atom is 0.408 e. The van der Waals surface area contributed by atoms with Crippen molar-refractivity contribution in [2.45, 2.75) is 55.6 Å². The third kappa shape index (κ3) is 7.63. The summed E-state index contributed by atoms with van der Waals surface area (Å²) in [6.45, 7) is 0.0138. The minimum atomic E-state index is -1.02. The topological polar surface area (TPSA) is 127 Å². The van der Waals surface area contributed by atoms with Crippen LogP contribution in [0.4, 0.5) is 10.5 Å². The Bertz CT molecular complexity index is 1640. The average molecular weight is 640 g/mol. The first kappa shape index (κ1) is 31.4. The molecule has 46 heavy (non-hydrogen) atoms. The lowest BCUT2D eigenvalue weighted by atomic mass is 10.0. The fourth-order valence-corrected chi connectivity index (χ4v) is 6.22. The number of nitrogens with zero attached hydrogens (tertiary/aromatic N) is 2. The van der Waals surface area contributed by atoms with Crippen LogP contribution < -0.4 is 10.2 Å². The maximum absolute atomic E-state index is 13.2. The van der Waals surface area contributed by atoms with Gasteiger partial charge in [-0.1, -0.05) is 72.8 Å². The molecule has 0 bridgehead atoms. The fraction of sp³-hybridized carbons (Fsp3) is 0.257. The van der Waals surface area contributed by atoms with E-state index in [2.05, 4.69) is 10.3 Å². The largest absolute Gasteiger partial charge is 0.445 e. The fourth-order valence-electron chi connectivity index (χ4n) is 5.34. The average Bonchev–Trinajstić information content (AvgIpc) is 3.38. The normalized spacial score (nSPS) is 21.3. The first-order valence-electron chi connectivity index (χ1n) is 15.0. The van der Waals surface area contributed by atoms with Crippen molar-refractivity contribution in [1.82, 2.24) is 10.3 Å². The highest BCUT2D eigenvalue weighted by Gasteiger charge is 2.41. The second-order valence-electron chi connectivity index (χ2n) is 11.0. The van der Waals surface area contributed by atoms with Crippen LogP contribution in [-0.4, -0.2) is 45.9 Å². The van der Waals surface area contributed by atoms with Crippen molar-refractivity contribution in [3.05, 3.63) is 126 Å². The predicted octanol–water partition coefficient (Wildman–Crippen LogP) is 5.47. The Morgan fingerprint density at radius 1 is 0.913 bits per heavy atom. The number of hydrogen-bond donors (Lipinski definition) is 2. The Morgan fingerprint density at radius 2 is 1.65 bits per heavy atom. The number of carbonyl (C=O) groups is 3. The highest BCUT2D eigenvalue weighted by Crippen LogP contribution is 2.40. The smallest absolute Gasteiger partial charge is 0.408 e. The van der Waals surface area contributed by atoms with Gasteiger partial charge in [0, 0.05) is 23.9 Å². The van der Waals surface area contributed by atoms with Gasteiger partial charge in [-0.15, -0.1) is 11.8 Å². The third-order valence-electron chi connectivity index (χ3n) is 7.74. The monoisotopic (exact) mass is 639 g/mol. The van der Waals surface area contributed by atoms with Crippen LogP contribution in [0.25, 0.3) is 0 Å². The number of nitrogens with one attached hydrogen (secondary N) is 1. The quantitative estimate of drug-likeness (QED) is 0.172. The molecule has 6 rings (SSSR count). The number of imide groups is 1. The van der Waals surface area contributed by atoms with Crippen molar-refractivity contribution in [3.63, 3.8) is 0 Å². The van der Waals surface area contributed by atoms with Gasteiger partial charge in [0.1, 0.15) is 12.6 Å². The van der Waals surface area contributed by atoms with E-state index in [0.29, 0.717) is 17.9 Å². The van der Waals surface area contributed by atoms with E-state index in [-0.39, 0.29) is 31.8 Å². The van der Waals surface area contributed by atoms with Crippen LogP contribution in [0.3, 0.4) is 0 Å². The van der Waals surface area contributed by atoms with E-state index in [0.717, 1.165) is 32.2 Å². The molecule has 2 fully saturated rings. The molecule has 236 valence electrons. The lowest BCUT2D eigenvalue weighted by Crippen LogP contribution is -2.42. The molecule has 4 unspecified atom stereocenters. The van der Waals surface area contributed by atoms with Gasteiger partial charge in [0.25, 0.3) is 5.91 Å². The minimum Gasteiger partial charge on any atom is -0.445 e. The molecule has 1 aromatic heterocycles. The van der Waals surface area contributed by atoms with Gasteiger partial charge in [-0.05, 0) is 41.0 Å². The van der Waals surface area contributed by atoms with Gasteiger partial charge >= 0.3 is 6.09 Å². The number of aliphatic hydroxyl groups is 1. The van der Waals surface area contributed by atoms with Crippen LogP contribution in [0.2, 0.25) is 0 Å². The van der Waals surface area contributed by atoms with E-state index >= 15 is 0 Å². The molecule has 11 heteroatoms. The molecule has 4 aromatic rings. The number of pyridine rings is 1. The summed E-state index contributed by atoms with van der Waals surface area (Å²) >= 11 is 1.61. The van der Waals surface area contributed by atoms with Gasteiger partial charge in [-0.3, -0.25) is 9.59 Å². The van der Waals surface area contributed by atoms with E-state index in [1.54, 1.807) is 42.2 Å². The van der Waals surface area contributed by atoms with Crippen LogP contribution in [0.5, 0.6) is 0 Å². The van der Waals surface area contributed by atoms with Gasteiger partial charge in [0.2, 0.25) is 5.91 Å². The van der Waals surface area contributed by atoms with Crippen molar-refractivity contribution in [1.29, 1.82) is 0 Å². The second kappa shape index (κ2) is 14.7. The second-order valence-corrected chi connectivity index (χ2v) is 12.0. The Labute approximate surface area is 270 Å². The SMILES string of the molecule is O=C(NC1CC(=O)N(c2ccc(C3OC(CSc4ccccn4)CC(c4ccc(CO)cc4)O3)cc2)C1=O)OCc1ccccc1. The molecule has 2 aliphatic rings. The van der Waals surface area contributed by atoms with Crippen molar-refractivity contribution >= 4 is 35.4 Å². The number of anilines is 1. The van der Waals surface area contributed by atoms with Crippen LogP contribution in [0.15, 0.2) is 108 Å². The number of alkyl carbamates (subject to hydrolysis) is 1. The zero-order chi connectivity index (χ0) is 31.9. The van der Waals surface area contributed by atoms with E-state index in [1.807, 2.05) is 72.8 Å². The number of rotatable bonds is 10. The molecule has 0 saturated carbocycles. The lowest BCUT2D eigenvalue weighted by molar-refractivity contribution is -0.245. The first-order valence-corrected chi connectivity index (χ1v) is 15.9. The summed E-state index contributed by atoms with van der Waals surface area (Å²) in [6, 6.07) is 28.5. The lowest BCUT2D eigenvalue weighted by Gasteiger charge is -2.36. The summed E-state index contributed by atoms with van der Waals surface area (Å²) in [6.07, 6.45) is 0.357. The number of hydrogen-bond acceptors (Lipinski definition) is 9. The molecule has 0 radical (unpaired) electrons. The van der Waals surface area contributed by atoms with E-state index < -0.39 is 30.2 Å². The standard InChI is InChI=1S/C35H33N3O7S/c39-20-23-9-11-25(12-10-23)30-18-28(22-46-31-8-4-5-17-36-31)44-34(45-30)26-13-15-27(16-14-26)38-32(40)19-29(33(38)41)37-35(42)43-21-24-6-2-1-3-7-24/h1-17,28-30,34,39H,18-22H2,(H,37,42). The van der Waals surface area contributed by atoms with Crippen LogP contribution in [0.1, 0.15) is 47.5 Å². The van der Waals surface area contributed by atoms with Gasteiger partial charge in [-0.25, -0.2) is 14.7 Å². The number of benzene rings is 3. The Balaban J connectivity index is 1.12. The first-order chi connectivity index (χ1) is 22.5. The molecule has 3 heterocycles. The summed E-state index contributed by atoms with van der Waals surface area (Å²) in [7, 11) is 0. The molecule has 10 nitrogen and oxygen atoms in total. The van der Waals surface area contributed by atoms with Crippen molar-refractivity contribution in [2.75, 3.05) is 10.7 Å². The summed E-state index contributed by atoms with van der Waals surface area (Å²) in [5, 5.41) is 12.9. The number of aromatic nitrogens is 1.